The second-order valence-electron chi connectivity index (χ2n) is 8.37. The minimum atomic E-state index is -0.0403. The first kappa shape index (κ1) is 23.4. The van der Waals surface area contributed by atoms with Crippen molar-refractivity contribution < 1.29 is 9.47 Å². The lowest BCUT2D eigenvalue weighted by molar-refractivity contribution is 0.354. The number of ether oxygens (including phenoxy) is 2. The van der Waals surface area contributed by atoms with Crippen molar-refractivity contribution in [2.24, 2.45) is 0 Å². The number of rotatable bonds is 8. The number of thiophene rings is 1. The van der Waals surface area contributed by atoms with Gasteiger partial charge in [0.15, 0.2) is 16.7 Å². The van der Waals surface area contributed by atoms with E-state index >= 15 is 0 Å². The predicted octanol–water partition coefficient (Wildman–Crippen LogP) is 5.27. The first-order chi connectivity index (χ1) is 17.0. The molecule has 5 aromatic rings. The Bertz CT molecular complexity index is 1590. The summed E-state index contributed by atoms with van der Waals surface area (Å²) in [5.41, 5.74) is 5.62. The topological polar surface area (TPSA) is 70.7 Å². The molecule has 3 heterocycles. The number of hydrogen-bond acceptors (Lipinski definition) is 7. The lowest BCUT2D eigenvalue weighted by Crippen LogP contribution is -2.23. The van der Waals surface area contributed by atoms with Crippen molar-refractivity contribution in [3.63, 3.8) is 0 Å². The molecule has 0 amide bonds. The third-order valence-electron chi connectivity index (χ3n) is 6.12. The van der Waals surface area contributed by atoms with E-state index in [4.69, 9.17) is 9.47 Å². The van der Waals surface area contributed by atoms with Crippen LogP contribution in [0.4, 0.5) is 0 Å². The molecule has 0 aliphatic heterocycles. The zero-order chi connectivity index (χ0) is 24.5. The second-order valence-corrected chi connectivity index (χ2v) is 10.2. The van der Waals surface area contributed by atoms with Gasteiger partial charge in [0.25, 0.3) is 5.56 Å². The van der Waals surface area contributed by atoms with Crippen molar-refractivity contribution in [1.82, 2.24) is 19.2 Å². The van der Waals surface area contributed by atoms with Gasteiger partial charge in [-0.15, -0.1) is 21.5 Å². The number of fused-ring (bicyclic) bond motifs is 3. The summed E-state index contributed by atoms with van der Waals surface area (Å²) in [5, 5.41) is 11.7. The molecule has 0 N–H and O–H groups in total. The number of aryl methyl sites for hydroxylation is 4. The largest absolute Gasteiger partial charge is 0.493 e. The normalized spacial score (nSPS) is 11.4. The van der Waals surface area contributed by atoms with Crippen LogP contribution in [0.15, 0.2) is 57.8 Å². The molecule has 0 spiro atoms. The van der Waals surface area contributed by atoms with Crippen molar-refractivity contribution in [3.8, 4) is 11.5 Å². The Morgan fingerprint density at radius 2 is 1.83 bits per heavy atom. The number of thioether (sulfide) groups is 1. The summed E-state index contributed by atoms with van der Waals surface area (Å²) in [6, 6.07) is 14.3. The molecule has 0 atom stereocenters. The summed E-state index contributed by atoms with van der Waals surface area (Å²) in [6.45, 7) is 4.71. The third kappa shape index (κ3) is 4.41. The van der Waals surface area contributed by atoms with Crippen LogP contribution >= 0.6 is 23.1 Å². The van der Waals surface area contributed by atoms with Crippen LogP contribution in [0, 0.1) is 13.8 Å². The molecule has 0 saturated heterocycles. The first-order valence-corrected chi connectivity index (χ1v) is 13.1. The highest BCUT2D eigenvalue weighted by atomic mass is 32.2. The highest BCUT2D eigenvalue weighted by Crippen LogP contribution is 2.29. The smallest absolute Gasteiger partial charge is 0.272 e. The molecule has 0 radical (unpaired) electrons. The number of methoxy groups -OCH3 is 2. The van der Waals surface area contributed by atoms with Gasteiger partial charge in [-0.1, -0.05) is 41.6 Å². The number of hydrogen-bond donors (Lipinski definition) is 0. The fraction of sp³-hybridized carbons (Fsp3) is 0.269. The SMILES string of the molecule is COc1ccc(CCn2c(=O)c3sccc3n3c(SCc4cc(C)ccc4C)nnc23)cc1OC. The van der Waals surface area contributed by atoms with E-state index in [-0.39, 0.29) is 5.56 Å². The molecular formula is C26H26N4O3S2. The lowest BCUT2D eigenvalue weighted by Gasteiger charge is -2.12. The maximum absolute atomic E-state index is 13.4. The molecule has 35 heavy (non-hydrogen) atoms. The molecule has 0 fully saturated rings. The van der Waals surface area contributed by atoms with Crippen molar-refractivity contribution in [2.45, 2.75) is 37.7 Å². The van der Waals surface area contributed by atoms with Crippen LogP contribution in [-0.4, -0.2) is 33.4 Å². The van der Waals surface area contributed by atoms with Gasteiger partial charge in [-0.2, -0.15) is 0 Å². The number of benzene rings is 2. The van der Waals surface area contributed by atoms with E-state index in [1.165, 1.54) is 28.0 Å². The molecule has 0 saturated carbocycles. The molecule has 0 bridgehead atoms. The van der Waals surface area contributed by atoms with E-state index < -0.39 is 0 Å². The monoisotopic (exact) mass is 506 g/mol. The van der Waals surface area contributed by atoms with Crippen molar-refractivity contribution in [1.29, 1.82) is 0 Å². The molecule has 3 aromatic heterocycles. The fourth-order valence-electron chi connectivity index (χ4n) is 4.17. The highest BCUT2D eigenvalue weighted by molar-refractivity contribution is 7.98. The standard InChI is InChI=1S/C26H26N4O3S2/c1-16-5-6-17(2)19(13-16)15-35-26-28-27-25-29(24(31)23-20(30(25)26)10-12-34-23)11-9-18-7-8-21(32-3)22(14-18)33-4/h5-8,10,12-14H,9,11,15H2,1-4H3. The fourth-order valence-corrected chi connectivity index (χ4v) is 6.00. The zero-order valence-corrected chi connectivity index (χ0v) is 21.7. The Morgan fingerprint density at radius 1 is 1.00 bits per heavy atom. The molecule has 0 aliphatic rings. The van der Waals surface area contributed by atoms with Gasteiger partial charge in [0.05, 0.1) is 19.7 Å². The number of nitrogens with zero attached hydrogens (tertiary/aromatic N) is 4. The van der Waals surface area contributed by atoms with E-state index in [0.29, 0.717) is 34.9 Å². The molecular weight excluding hydrogens is 480 g/mol. The van der Waals surface area contributed by atoms with Gasteiger partial charge in [-0.05, 0) is 60.5 Å². The van der Waals surface area contributed by atoms with Crippen molar-refractivity contribution in [3.05, 3.63) is 80.5 Å². The molecule has 7 nitrogen and oxygen atoms in total. The number of aromatic nitrogens is 4. The maximum atomic E-state index is 13.4. The predicted molar refractivity (Wildman–Crippen MR) is 141 cm³/mol. The summed E-state index contributed by atoms with van der Waals surface area (Å²) in [7, 11) is 3.24. The van der Waals surface area contributed by atoms with E-state index in [1.807, 2.05) is 34.0 Å². The molecule has 2 aromatic carbocycles. The Kier molecular flexibility index (Phi) is 6.53. The third-order valence-corrected chi connectivity index (χ3v) is 7.99. The van der Waals surface area contributed by atoms with Crippen LogP contribution in [0.3, 0.4) is 0 Å². The Hall–Kier alpha value is -3.30. The van der Waals surface area contributed by atoms with Crippen LogP contribution in [-0.2, 0) is 18.7 Å². The summed E-state index contributed by atoms with van der Waals surface area (Å²) in [5.74, 6) is 2.69. The average molecular weight is 507 g/mol. The average Bonchev–Trinajstić information content (AvgIpc) is 3.51. The van der Waals surface area contributed by atoms with Crippen LogP contribution in [0.25, 0.3) is 16.0 Å². The van der Waals surface area contributed by atoms with E-state index in [9.17, 15) is 4.79 Å². The Labute approximate surface area is 211 Å². The van der Waals surface area contributed by atoms with Gasteiger partial charge in [-0.25, -0.2) is 0 Å². The van der Waals surface area contributed by atoms with Crippen LogP contribution < -0.4 is 15.0 Å². The van der Waals surface area contributed by atoms with E-state index in [0.717, 1.165) is 22.0 Å². The molecule has 0 unspecified atom stereocenters. The highest BCUT2D eigenvalue weighted by Gasteiger charge is 2.18. The summed E-state index contributed by atoms with van der Waals surface area (Å²) in [4.78, 5) is 13.4. The minimum absolute atomic E-state index is 0.0403. The van der Waals surface area contributed by atoms with Crippen molar-refractivity contribution >= 4 is 39.1 Å². The molecule has 180 valence electrons. The molecule has 5 rings (SSSR count). The summed E-state index contributed by atoms with van der Waals surface area (Å²) < 4.78 is 15.2. The van der Waals surface area contributed by atoms with Crippen molar-refractivity contribution in [2.75, 3.05) is 14.2 Å². The second kappa shape index (κ2) is 9.75. The van der Waals surface area contributed by atoms with Crippen LogP contribution in [0.1, 0.15) is 22.3 Å². The first-order valence-electron chi connectivity index (χ1n) is 11.2. The summed E-state index contributed by atoms with van der Waals surface area (Å²) >= 11 is 3.09. The van der Waals surface area contributed by atoms with Gasteiger partial charge >= 0.3 is 0 Å². The Balaban J connectivity index is 1.50. The lowest BCUT2D eigenvalue weighted by atomic mass is 10.1. The van der Waals surface area contributed by atoms with E-state index in [1.54, 1.807) is 30.5 Å². The molecule has 0 aliphatic carbocycles. The van der Waals surface area contributed by atoms with Crippen LogP contribution in [0.5, 0.6) is 11.5 Å². The molecule has 9 heteroatoms. The van der Waals surface area contributed by atoms with Crippen LogP contribution in [0.2, 0.25) is 0 Å². The maximum Gasteiger partial charge on any atom is 0.272 e. The summed E-state index contributed by atoms with van der Waals surface area (Å²) in [6.07, 6.45) is 0.643. The van der Waals surface area contributed by atoms with Gasteiger partial charge in [0.2, 0.25) is 5.78 Å². The van der Waals surface area contributed by atoms with Gasteiger partial charge in [0, 0.05) is 12.3 Å². The van der Waals surface area contributed by atoms with Gasteiger partial charge in [0.1, 0.15) is 4.70 Å². The van der Waals surface area contributed by atoms with Gasteiger partial charge < -0.3 is 9.47 Å². The van der Waals surface area contributed by atoms with E-state index in [2.05, 4.69) is 42.2 Å². The van der Waals surface area contributed by atoms with Gasteiger partial charge in [-0.3, -0.25) is 13.8 Å². The Morgan fingerprint density at radius 3 is 2.63 bits per heavy atom. The zero-order valence-electron chi connectivity index (χ0n) is 20.1. The quantitative estimate of drug-likeness (QED) is 0.267. The minimum Gasteiger partial charge on any atom is -0.493 e.